The molecule has 160 valence electrons. The van der Waals surface area contributed by atoms with Crippen LogP contribution in [0.3, 0.4) is 0 Å². The second-order valence-corrected chi connectivity index (χ2v) is 7.83. The third-order valence-electron chi connectivity index (χ3n) is 5.60. The number of hydrogen-bond donors (Lipinski definition) is 0. The maximum Gasteiger partial charge on any atom is 0.416 e. The molecule has 0 aromatic heterocycles. The van der Waals surface area contributed by atoms with Crippen LogP contribution in [0.2, 0.25) is 0 Å². The van der Waals surface area contributed by atoms with Gasteiger partial charge in [-0.25, -0.2) is 0 Å². The van der Waals surface area contributed by atoms with Crippen molar-refractivity contribution in [3.63, 3.8) is 0 Å². The number of para-hydroxylation sites is 1. The van der Waals surface area contributed by atoms with E-state index in [0.29, 0.717) is 31.0 Å². The molecule has 0 bridgehead atoms. The Morgan fingerprint density at radius 1 is 1.23 bits per heavy atom. The first-order chi connectivity index (χ1) is 14.3. The van der Waals surface area contributed by atoms with Crippen molar-refractivity contribution >= 4 is 17.1 Å². The largest absolute Gasteiger partial charge is 0.487 e. The minimum Gasteiger partial charge on any atom is -0.487 e. The Morgan fingerprint density at radius 3 is 2.77 bits per heavy atom. The van der Waals surface area contributed by atoms with Gasteiger partial charge >= 0.3 is 6.18 Å². The Hall–Kier alpha value is -2.74. The number of ether oxygens (including phenoxy) is 1. The highest BCUT2D eigenvalue weighted by atomic mass is 19.4. The molecule has 4 rings (SSSR count). The van der Waals surface area contributed by atoms with Crippen LogP contribution in [-0.4, -0.2) is 43.9 Å². The van der Waals surface area contributed by atoms with Crippen molar-refractivity contribution in [2.24, 2.45) is 5.16 Å². The standard InChI is InChI=1S/C22H24F3N3O2/c1-14(27(2)3)12-30-26-18-9-10-28-19-11-16(22(23,24)25)7-8-20(19)29-13-15-5-4-6-17(18)21(15)28/h4-8,11,14H,9-10,12-13H2,1-3H3/b26-18-. The normalized spacial score (nSPS) is 17.8. The number of rotatable bonds is 4. The van der Waals surface area contributed by atoms with Crippen LogP contribution in [0.1, 0.15) is 30.0 Å². The fourth-order valence-corrected chi connectivity index (χ4v) is 3.61. The van der Waals surface area contributed by atoms with Gasteiger partial charge in [0.2, 0.25) is 0 Å². The summed E-state index contributed by atoms with van der Waals surface area (Å²) in [5, 5.41) is 4.37. The Morgan fingerprint density at radius 2 is 2.03 bits per heavy atom. The zero-order chi connectivity index (χ0) is 21.5. The summed E-state index contributed by atoms with van der Waals surface area (Å²) < 4.78 is 45.8. The van der Waals surface area contributed by atoms with Gasteiger partial charge in [-0.2, -0.15) is 13.2 Å². The molecule has 0 amide bonds. The molecular formula is C22H24F3N3O2. The number of halogens is 3. The monoisotopic (exact) mass is 419 g/mol. The molecule has 1 atom stereocenters. The number of oxime groups is 1. The van der Waals surface area contributed by atoms with Gasteiger partial charge in [0.15, 0.2) is 0 Å². The van der Waals surface area contributed by atoms with Gasteiger partial charge in [0.05, 0.1) is 22.6 Å². The van der Waals surface area contributed by atoms with E-state index in [1.54, 1.807) is 0 Å². The molecule has 2 aliphatic rings. The molecule has 1 unspecified atom stereocenters. The minimum absolute atomic E-state index is 0.211. The lowest BCUT2D eigenvalue weighted by Gasteiger charge is -2.32. The summed E-state index contributed by atoms with van der Waals surface area (Å²) in [5.74, 6) is 0.446. The average molecular weight is 419 g/mol. The summed E-state index contributed by atoms with van der Waals surface area (Å²) in [6, 6.07) is 9.62. The second-order valence-electron chi connectivity index (χ2n) is 7.83. The molecule has 0 radical (unpaired) electrons. The SMILES string of the molecule is CC(CO/N=C1/CCN2c3cc(C(F)(F)F)ccc3OCc3cccc1c32)N(C)C. The van der Waals surface area contributed by atoms with Crippen LogP contribution in [0.4, 0.5) is 24.5 Å². The Bertz CT molecular complexity index is 973. The van der Waals surface area contributed by atoms with E-state index >= 15 is 0 Å². The van der Waals surface area contributed by atoms with Gasteiger partial charge in [-0.1, -0.05) is 23.4 Å². The van der Waals surface area contributed by atoms with E-state index in [4.69, 9.17) is 9.57 Å². The number of fused-ring (bicyclic) bond motifs is 2. The highest BCUT2D eigenvalue weighted by Crippen LogP contribution is 2.45. The smallest absolute Gasteiger partial charge is 0.416 e. The molecule has 0 aliphatic carbocycles. The molecule has 30 heavy (non-hydrogen) atoms. The molecule has 2 heterocycles. The van der Waals surface area contributed by atoms with E-state index in [2.05, 4.69) is 5.16 Å². The van der Waals surface area contributed by atoms with Crippen molar-refractivity contribution in [1.29, 1.82) is 0 Å². The molecule has 5 nitrogen and oxygen atoms in total. The van der Waals surface area contributed by atoms with E-state index in [0.717, 1.165) is 28.6 Å². The highest BCUT2D eigenvalue weighted by Gasteiger charge is 2.35. The lowest BCUT2D eigenvalue weighted by atomic mass is 9.95. The number of hydrogen-bond acceptors (Lipinski definition) is 5. The fourth-order valence-electron chi connectivity index (χ4n) is 3.61. The van der Waals surface area contributed by atoms with Crippen molar-refractivity contribution in [2.75, 3.05) is 32.1 Å². The minimum atomic E-state index is -4.41. The van der Waals surface area contributed by atoms with Crippen molar-refractivity contribution in [1.82, 2.24) is 4.90 Å². The summed E-state index contributed by atoms with van der Waals surface area (Å²) in [6.07, 6.45) is -3.86. The van der Waals surface area contributed by atoms with Crippen LogP contribution >= 0.6 is 0 Å². The molecule has 2 aromatic carbocycles. The van der Waals surface area contributed by atoms with Crippen molar-refractivity contribution in [2.45, 2.75) is 32.2 Å². The van der Waals surface area contributed by atoms with Gasteiger partial charge in [-0.05, 0) is 39.2 Å². The number of nitrogens with zero attached hydrogens (tertiary/aromatic N) is 3. The van der Waals surface area contributed by atoms with Gasteiger partial charge in [-0.3, -0.25) is 0 Å². The van der Waals surface area contributed by atoms with E-state index in [1.165, 1.54) is 12.1 Å². The van der Waals surface area contributed by atoms with E-state index in [9.17, 15) is 13.2 Å². The lowest BCUT2D eigenvalue weighted by molar-refractivity contribution is -0.137. The van der Waals surface area contributed by atoms with E-state index < -0.39 is 11.7 Å². The average Bonchev–Trinajstić information content (AvgIpc) is 2.86. The van der Waals surface area contributed by atoms with Crippen LogP contribution in [0, 0.1) is 0 Å². The summed E-state index contributed by atoms with van der Waals surface area (Å²) in [4.78, 5) is 9.54. The first-order valence-corrected chi connectivity index (χ1v) is 9.85. The van der Waals surface area contributed by atoms with Crippen LogP contribution in [0.5, 0.6) is 5.75 Å². The van der Waals surface area contributed by atoms with Crippen LogP contribution in [-0.2, 0) is 17.6 Å². The molecule has 0 saturated carbocycles. The summed E-state index contributed by atoms with van der Waals surface area (Å²) in [5.41, 5.74) is 3.15. The van der Waals surface area contributed by atoms with Gasteiger partial charge in [0.25, 0.3) is 0 Å². The Labute approximate surface area is 173 Å². The van der Waals surface area contributed by atoms with Crippen LogP contribution in [0.25, 0.3) is 0 Å². The van der Waals surface area contributed by atoms with Gasteiger partial charge in [0, 0.05) is 30.1 Å². The predicted octanol–water partition coefficient (Wildman–Crippen LogP) is 4.81. The summed E-state index contributed by atoms with van der Waals surface area (Å²) in [6.45, 7) is 3.27. The van der Waals surface area contributed by atoms with Crippen molar-refractivity contribution in [3.8, 4) is 5.75 Å². The molecule has 0 N–H and O–H groups in total. The van der Waals surface area contributed by atoms with Gasteiger partial charge < -0.3 is 19.4 Å². The third kappa shape index (κ3) is 3.84. The third-order valence-corrected chi connectivity index (χ3v) is 5.60. The molecule has 2 aromatic rings. The summed E-state index contributed by atoms with van der Waals surface area (Å²) in [7, 11) is 3.95. The van der Waals surface area contributed by atoms with Gasteiger partial charge in [0.1, 0.15) is 19.0 Å². The maximum absolute atomic E-state index is 13.3. The number of alkyl halides is 3. The van der Waals surface area contributed by atoms with Crippen molar-refractivity contribution in [3.05, 3.63) is 53.1 Å². The van der Waals surface area contributed by atoms with Crippen LogP contribution in [0.15, 0.2) is 41.6 Å². The zero-order valence-electron chi connectivity index (χ0n) is 17.2. The quantitative estimate of drug-likeness (QED) is 0.667. The fraction of sp³-hybridized carbons (Fsp3) is 0.409. The summed E-state index contributed by atoms with van der Waals surface area (Å²) >= 11 is 0. The lowest BCUT2D eigenvalue weighted by Crippen LogP contribution is -2.30. The van der Waals surface area contributed by atoms with Gasteiger partial charge in [-0.15, -0.1) is 0 Å². The molecule has 0 spiro atoms. The van der Waals surface area contributed by atoms with E-state index in [-0.39, 0.29) is 12.6 Å². The van der Waals surface area contributed by atoms with E-state index in [1.807, 2.05) is 49.0 Å². The molecule has 0 fully saturated rings. The first-order valence-electron chi connectivity index (χ1n) is 9.85. The highest BCUT2D eigenvalue weighted by molar-refractivity contribution is 6.08. The zero-order valence-corrected chi connectivity index (χ0v) is 17.2. The maximum atomic E-state index is 13.3. The molecule has 0 saturated heterocycles. The molecular weight excluding hydrogens is 395 g/mol. The number of likely N-dealkylation sites (N-methyl/N-ethyl adjacent to an activating group) is 1. The number of benzene rings is 2. The molecule has 8 heteroatoms. The van der Waals surface area contributed by atoms with Crippen LogP contribution < -0.4 is 9.64 Å². The first kappa shape index (κ1) is 20.5. The number of anilines is 2. The predicted molar refractivity (Wildman–Crippen MR) is 109 cm³/mol. The van der Waals surface area contributed by atoms with Crippen molar-refractivity contribution < 1.29 is 22.7 Å². The molecule has 2 aliphatic heterocycles. The second kappa shape index (κ2) is 7.83. The Kier molecular flexibility index (Phi) is 5.36. The topological polar surface area (TPSA) is 37.3 Å². The Balaban J connectivity index is 1.72.